The fourth-order valence-electron chi connectivity index (χ4n) is 1.18. The van der Waals surface area contributed by atoms with Gasteiger partial charge in [0, 0.05) is 5.56 Å². The van der Waals surface area contributed by atoms with Gasteiger partial charge in [-0.1, -0.05) is 12.1 Å². The maximum Gasteiger partial charge on any atom is 0.292 e. The normalized spacial score (nSPS) is 10.4. The third-order valence-corrected chi connectivity index (χ3v) is 2.02. The first-order chi connectivity index (χ1) is 6.66. The van der Waals surface area contributed by atoms with Crippen LogP contribution in [0.1, 0.15) is 5.56 Å². The van der Waals surface area contributed by atoms with Gasteiger partial charge in [0.1, 0.15) is 5.75 Å². The van der Waals surface area contributed by atoms with E-state index in [1.54, 1.807) is 6.07 Å². The van der Waals surface area contributed by atoms with Crippen LogP contribution in [0.5, 0.6) is 5.75 Å². The van der Waals surface area contributed by atoms with Crippen molar-refractivity contribution in [2.75, 3.05) is 5.73 Å². The van der Waals surface area contributed by atoms with Gasteiger partial charge in [0.15, 0.2) is 5.76 Å². The molecule has 4 nitrogen and oxygen atoms in total. The largest absolute Gasteiger partial charge is 0.508 e. The number of rotatable bonds is 1. The van der Waals surface area contributed by atoms with Crippen LogP contribution in [0.25, 0.3) is 11.3 Å². The van der Waals surface area contributed by atoms with E-state index in [9.17, 15) is 5.11 Å². The second-order valence-electron chi connectivity index (χ2n) is 3.06. The minimum Gasteiger partial charge on any atom is -0.508 e. The number of anilines is 1. The molecule has 0 atom stereocenters. The Balaban J connectivity index is 2.47. The number of nitrogens with two attached hydrogens (primary N) is 1. The number of aryl methyl sites for hydroxylation is 1. The van der Waals surface area contributed by atoms with Crippen molar-refractivity contribution >= 4 is 6.01 Å². The van der Waals surface area contributed by atoms with Gasteiger partial charge < -0.3 is 15.3 Å². The van der Waals surface area contributed by atoms with Gasteiger partial charge in [0.25, 0.3) is 6.01 Å². The lowest BCUT2D eigenvalue weighted by Gasteiger charge is -2.00. The Kier molecular flexibility index (Phi) is 1.89. The second-order valence-corrected chi connectivity index (χ2v) is 3.06. The third-order valence-electron chi connectivity index (χ3n) is 2.02. The number of phenolic OH excluding ortho intramolecular Hbond substituents is 1. The molecule has 0 amide bonds. The average Bonchev–Trinajstić information content (AvgIpc) is 2.57. The number of hydrogen-bond donors (Lipinski definition) is 2. The Morgan fingerprint density at radius 1 is 1.43 bits per heavy atom. The van der Waals surface area contributed by atoms with E-state index in [0.29, 0.717) is 5.76 Å². The van der Waals surface area contributed by atoms with Crippen molar-refractivity contribution in [3.63, 3.8) is 0 Å². The topological polar surface area (TPSA) is 72.3 Å². The Morgan fingerprint density at radius 2 is 2.21 bits per heavy atom. The van der Waals surface area contributed by atoms with Gasteiger partial charge in [-0.05, 0) is 18.6 Å². The fourth-order valence-corrected chi connectivity index (χ4v) is 1.18. The molecule has 0 saturated heterocycles. The molecule has 72 valence electrons. The molecule has 0 unspecified atom stereocenters. The van der Waals surface area contributed by atoms with Crippen molar-refractivity contribution < 1.29 is 9.52 Å². The molecule has 0 aliphatic rings. The number of phenols is 1. The van der Waals surface area contributed by atoms with E-state index in [0.717, 1.165) is 11.1 Å². The highest BCUT2D eigenvalue weighted by atomic mass is 16.4. The molecule has 2 aromatic rings. The summed E-state index contributed by atoms with van der Waals surface area (Å²) in [7, 11) is 0. The summed E-state index contributed by atoms with van der Waals surface area (Å²) in [5.41, 5.74) is 6.93. The molecule has 0 aliphatic carbocycles. The number of benzene rings is 1. The maximum atomic E-state index is 9.47. The minimum absolute atomic E-state index is 0.125. The van der Waals surface area contributed by atoms with Crippen LogP contribution in [0.4, 0.5) is 6.01 Å². The minimum atomic E-state index is 0.125. The van der Waals surface area contributed by atoms with Gasteiger partial charge in [-0.3, -0.25) is 0 Å². The summed E-state index contributed by atoms with van der Waals surface area (Å²) in [6.07, 6.45) is 1.53. The highest BCUT2D eigenvalue weighted by Gasteiger charge is 2.05. The Bertz CT molecular complexity index is 463. The molecule has 0 fully saturated rings. The van der Waals surface area contributed by atoms with E-state index < -0.39 is 0 Å². The number of nitrogens with zero attached hydrogens (tertiary/aromatic N) is 1. The predicted octanol–water partition coefficient (Wildman–Crippen LogP) is 1.94. The number of nitrogen functional groups attached to an aromatic ring is 1. The van der Waals surface area contributed by atoms with Crippen molar-refractivity contribution in [3.05, 3.63) is 30.0 Å². The van der Waals surface area contributed by atoms with Gasteiger partial charge in [-0.15, -0.1) is 0 Å². The van der Waals surface area contributed by atoms with Crippen LogP contribution in [0.3, 0.4) is 0 Å². The van der Waals surface area contributed by atoms with Gasteiger partial charge in [0.2, 0.25) is 0 Å². The lowest BCUT2D eigenvalue weighted by atomic mass is 10.1. The quantitative estimate of drug-likeness (QED) is 0.720. The van der Waals surface area contributed by atoms with Gasteiger partial charge in [-0.25, -0.2) is 4.98 Å². The molecule has 3 N–H and O–H groups in total. The average molecular weight is 190 g/mol. The summed E-state index contributed by atoms with van der Waals surface area (Å²) in [5, 5.41) is 9.47. The number of hydrogen-bond acceptors (Lipinski definition) is 4. The van der Waals surface area contributed by atoms with E-state index in [1.807, 2.05) is 19.1 Å². The van der Waals surface area contributed by atoms with Crippen molar-refractivity contribution in [1.29, 1.82) is 0 Å². The molecule has 0 spiro atoms. The highest BCUT2D eigenvalue weighted by Crippen LogP contribution is 2.26. The van der Waals surface area contributed by atoms with Crippen molar-refractivity contribution in [2.24, 2.45) is 0 Å². The fraction of sp³-hybridized carbons (Fsp3) is 0.100. The van der Waals surface area contributed by atoms with E-state index in [2.05, 4.69) is 4.98 Å². The molecular weight excluding hydrogens is 180 g/mol. The van der Waals surface area contributed by atoms with Crippen LogP contribution in [0.2, 0.25) is 0 Å². The SMILES string of the molecule is Cc1ccc(-c2cnc(N)o2)cc1O. The van der Waals surface area contributed by atoms with Crippen LogP contribution < -0.4 is 5.73 Å². The molecule has 0 saturated carbocycles. The summed E-state index contributed by atoms with van der Waals surface area (Å²) in [4.78, 5) is 3.77. The number of aromatic hydroxyl groups is 1. The van der Waals surface area contributed by atoms with Crippen LogP contribution in [-0.2, 0) is 0 Å². The molecule has 0 radical (unpaired) electrons. The monoisotopic (exact) mass is 190 g/mol. The summed E-state index contributed by atoms with van der Waals surface area (Å²) < 4.78 is 5.12. The lowest BCUT2D eigenvalue weighted by Crippen LogP contribution is -1.80. The van der Waals surface area contributed by atoms with Crippen molar-refractivity contribution in [2.45, 2.75) is 6.92 Å². The summed E-state index contributed by atoms with van der Waals surface area (Å²) in [6, 6.07) is 5.40. The molecule has 0 aliphatic heterocycles. The van der Waals surface area contributed by atoms with Crippen LogP contribution in [0.15, 0.2) is 28.8 Å². The van der Waals surface area contributed by atoms with Gasteiger partial charge in [-0.2, -0.15) is 0 Å². The third kappa shape index (κ3) is 1.42. The standard InChI is InChI=1S/C10H10N2O2/c1-6-2-3-7(4-8(6)13)9-5-12-10(11)14-9/h2-5,13H,1H3,(H2,11,12). The summed E-state index contributed by atoms with van der Waals surface area (Å²) in [6.45, 7) is 1.83. The smallest absolute Gasteiger partial charge is 0.292 e. The first-order valence-electron chi connectivity index (χ1n) is 4.18. The lowest BCUT2D eigenvalue weighted by molar-refractivity contribution is 0.471. The molecular formula is C10H10N2O2. The zero-order valence-electron chi connectivity index (χ0n) is 7.69. The van der Waals surface area contributed by atoms with E-state index >= 15 is 0 Å². The molecule has 1 aromatic carbocycles. The van der Waals surface area contributed by atoms with E-state index in [1.165, 1.54) is 6.20 Å². The zero-order chi connectivity index (χ0) is 10.1. The van der Waals surface area contributed by atoms with E-state index in [4.69, 9.17) is 10.2 Å². The Labute approximate surface area is 81.0 Å². The molecule has 1 heterocycles. The second kappa shape index (κ2) is 3.06. The van der Waals surface area contributed by atoms with E-state index in [-0.39, 0.29) is 11.8 Å². The number of oxazole rings is 1. The Morgan fingerprint density at radius 3 is 2.79 bits per heavy atom. The molecule has 0 bridgehead atoms. The summed E-state index contributed by atoms with van der Waals surface area (Å²) in [5.74, 6) is 0.787. The predicted molar refractivity (Wildman–Crippen MR) is 52.8 cm³/mol. The molecule has 14 heavy (non-hydrogen) atoms. The number of aromatic nitrogens is 1. The molecule has 2 rings (SSSR count). The van der Waals surface area contributed by atoms with Crippen LogP contribution in [0, 0.1) is 6.92 Å². The van der Waals surface area contributed by atoms with Crippen LogP contribution in [-0.4, -0.2) is 10.1 Å². The van der Waals surface area contributed by atoms with Crippen molar-refractivity contribution in [1.82, 2.24) is 4.98 Å². The highest BCUT2D eigenvalue weighted by molar-refractivity contribution is 5.60. The van der Waals surface area contributed by atoms with Crippen LogP contribution >= 0.6 is 0 Å². The van der Waals surface area contributed by atoms with Gasteiger partial charge >= 0.3 is 0 Å². The Hall–Kier alpha value is -1.97. The molecule has 4 heteroatoms. The first-order valence-corrected chi connectivity index (χ1v) is 4.18. The zero-order valence-corrected chi connectivity index (χ0v) is 7.69. The van der Waals surface area contributed by atoms with Gasteiger partial charge in [0.05, 0.1) is 6.20 Å². The van der Waals surface area contributed by atoms with Crippen molar-refractivity contribution in [3.8, 4) is 17.1 Å². The summed E-state index contributed by atoms with van der Waals surface area (Å²) >= 11 is 0. The maximum absolute atomic E-state index is 9.47. The molecule has 1 aromatic heterocycles. The first kappa shape index (κ1) is 8.62.